The van der Waals surface area contributed by atoms with E-state index < -0.39 is 42.0 Å². The number of aryl methyl sites for hydroxylation is 2. The maximum atomic E-state index is 14.6. The van der Waals surface area contributed by atoms with Crippen LogP contribution in [0.2, 0.25) is 0 Å². The summed E-state index contributed by atoms with van der Waals surface area (Å²) in [6, 6.07) is 8.05. The molecule has 0 bridgehead atoms. The van der Waals surface area contributed by atoms with Crippen LogP contribution in [0.4, 0.5) is 17.6 Å². The Kier molecular flexibility index (Phi) is 13.6. The minimum Gasteiger partial charge on any atom is -0.382 e. The molecule has 1 N–H and O–H groups in total. The van der Waals surface area contributed by atoms with Gasteiger partial charge in [-0.05, 0) is 82.1 Å². The SMILES string of the molecule is CCn1ncc(C(O)c2c(F)cnn2-c2ccc(F)cc2C2OCCO2)c1Br.CCn1ncc(C=O)c1Br.Fc1ccc(-n2cc(F)cn2)c(C2OCCO2)c1. The summed E-state index contributed by atoms with van der Waals surface area (Å²) in [5.74, 6) is -2.05. The minimum atomic E-state index is -1.35. The number of hydrogen-bond donors (Lipinski definition) is 1. The molecule has 2 fully saturated rings. The molecule has 56 heavy (non-hydrogen) atoms. The van der Waals surface area contributed by atoms with Crippen molar-refractivity contribution in [2.24, 2.45) is 0 Å². The first-order valence-corrected chi connectivity index (χ1v) is 18.7. The van der Waals surface area contributed by atoms with Gasteiger partial charge < -0.3 is 24.1 Å². The van der Waals surface area contributed by atoms with Crippen LogP contribution >= 0.6 is 31.9 Å². The molecule has 8 rings (SSSR count). The summed E-state index contributed by atoms with van der Waals surface area (Å²) in [6.07, 6.45) is 4.31. The van der Waals surface area contributed by atoms with Gasteiger partial charge >= 0.3 is 0 Å². The fourth-order valence-corrected chi connectivity index (χ4v) is 6.93. The van der Waals surface area contributed by atoms with Crippen molar-refractivity contribution >= 4 is 38.1 Å². The number of aliphatic hydroxyl groups excluding tert-OH is 1. The highest BCUT2D eigenvalue weighted by Crippen LogP contribution is 2.35. The summed E-state index contributed by atoms with van der Waals surface area (Å²) in [7, 11) is 0. The number of benzene rings is 2. The van der Waals surface area contributed by atoms with Crippen molar-refractivity contribution < 1.29 is 46.4 Å². The lowest BCUT2D eigenvalue weighted by molar-refractivity contribution is -0.0445. The fourth-order valence-electron chi connectivity index (χ4n) is 5.74. The second-order valence-electron chi connectivity index (χ2n) is 11.9. The number of aromatic nitrogens is 8. The van der Waals surface area contributed by atoms with Gasteiger partial charge in [-0.15, -0.1) is 0 Å². The van der Waals surface area contributed by atoms with E-state index >= 15 is 0 Å². The molecule has 6 aromatic rings. The highest BCUT2D eigenvalue weighted by atomic mass is 79.9. The first-order chi connectivity index (χ1) is 27.0. The van der Waals surface area contributed by atoms with Gasteiger partial charge in [-0.3, -0.25) is 14.2 Å². The van der Waals surface area contributed by atoms with Gasteiger partial charge in [0.15, 0.2) is 30.5 Å². The molecule has 0 saturated carbocycles. The average Bonchev–Trinajstić information content (AvgIpc) is 4.06. The first kappa shape index (κ1) is 41.1. The van der Waals surface area contributed by atoms with Gasteiger partial charge in [-0.2, -0.15) is 20.4 Å². The standard InChI is InChI=1S/C18H17BrF2N4O3.C12H10F2N2O2.C6H7BrN2O/c1-2-24-17(19)12(8-22-24)16(26)15-13(21)9-23-25(15)14-4-3-10(20)7-11(14)18-27-5-6-28-18;13-8-1-2-11(16-7-9(14)6-15-16)10(5-8)12-17-3-4-18-12;1-2-9-6(7)5(4-10)3-8-9/h3-4,7-9,16,18,26H,2,5-6H2,1H3;1-2,5-7,12H,3-4H2;3-4H,2H2,1H3. The van der Waals surface area contributed by atoms with Crippen molar-refractivity contribution in [3.05, 3.63) is 128 Å². The molecule has 2 aliphatic heterocycles. The third kappa shape index (κ3) is 9.01. The Bertz CT molecular complexity index is 2270. The van der Waals surface area contributed by atoms with Crippen LogP contribution in [-0.2, 0) is 32.0 Å². The summed E-state index contributed by atoms with van der Waals surface area (Å²) in [4.78, 5) is 10.3. The number of rotatable bonds is 9. The quantitative estimate of drug-likeness (QED) is 0.120. The second kappa shape index (κ2) is 18.6. The van der Waals surface area contributed by atoms with Crippen LogP contribution in [0.15, 0.2) is 76.6 Å². The summed E-state index contributed by atoms with van der Waals surface area (Å²) in [5, 5.41) is 26.9. The summed E-state index contributed by atoms with van der Waals surface area (Å²) in [6.45, 7) is 6.85. The van der Waals surface area contributed by atoms with E-state index in [-0.39, 0.29) is 5.69 Å². The molecule has 6 heterocycles. The zero-order chi connectivity index (χ0) is 39.9. The van der Waals surface area contributed by atoms with Crippen LogP contribution < -0.4 is 0 Å². The fraction of sp³-hybridized carbons (Fsp3) is 0.306. The third-order valence-electron chi connectivity index (χ3n) is 8.40. The molecule has 0 spiro atoms. The van der Waals surface area contributed by atoms with Gasteiger partial charge in [0.05, 0.1) is 74.3 Å². The Morgan fingerprint density at radius 1 is 0.750 bits per heavy atom. The average molecular weight is 911 g/mol. The van der Waals surface area contributed by atoms with E-state index in [9.17, 15) is 27.5 Å². The molecular formula is C36H34Br2F4N8O6. The first-order valence-electron chi connectivity index (χ1n) is 17.1. The maximum absolute atomic E-state index is 14.6. The van der Waals surface area contributed by atoms with Crippen molar-refractivity contribution in [1.82, 2.24) is 39.1 Å². The van der Waals surface area contributed by atoms with Crippen LogP contribution in [0.25, 0.3) is 11.4 Å². The van der Waals surface area contributed by atoms with Crippen molar-refractivity contribution in [3.63, 3.8) is 0 Å². The molecule has 2 saturated heterocycles. The number of hydrogen-bond acceptors (Lipinski definition) is 10. The van der Waals surface area contributed by atoms with Gasteiger partial charge in [-0.25, -0.2) is 26.9 Å². The molecule has 0 amide bonds. The Labute approximate surface area is 333 Å². The van der Waals surface area contributed by atoms with E-state index in [0.717, 1.165) is 29.8 Å². The minimum absolute atomic E-state index is 0.0952. The molecule has 0 radical (unpaired) electrons. The third-order valence-corrected chi connectivity index (χ3v) is 10.1. The smallest absolute Gasteiger partial charge is 0.186 e. The van der Waals surface area contributed by atoms with Gasteiger partial charge in [0.1, 0.15) is 32.6 Å². The molecule has 14 nitrogen and oxygen atoms in total. The van der Waals surface area contributed by atoms with E-state index in [1.54, 1.807) is 15.6 Å². The zero-order valence-electron chi connectivity index (χ0n) is 29.7. The van der Waals surface area contributed by atoms with Gasteiger partial charge in [-0.1, -0.05) is 0 Å². The van der Waals surface area contributed by atoms with Crippen LogP contribution in [0, 0.1) is 23.3 Å². The number of ether oxygens (including phenoxy) is 4. The van der Waals surface area contributed by atoms with E-state index in [1.807, 2.05) is 13.8 Å². The molecule has 20 heteroatoms. The Morgan fingerprint density at radius 3 is 1.80 bits per heavy atom. The van der Waals surface area contributed by atoms with Gasteiger partial charge in [0, 0.05) is 29.8 Å². The predicted molar refractivity (Wildman–Crippen MR) is 197 cm³/mol. The van der Waals surface area contributed by atoms with Crippen molar-refractivity contribution in [1.29, 1.82) is 0 Å². The Morgan fingerprint density at radius 2 is 1.30 bits per heavy atom. The molecule has 4 aromatic heterocycles. The van der Waals surface area contributed by atoms with Crippen LogP contribution in [0.3, 0.4) is 0 Å². The Balaban J connectivity index is 0.000000161. The molecular weight excluding hydrogens is 876 g/mol. The number of aldehydes is 1. The Hall–Kier alpha value is -4.57. The van der Waals surface area contributed by atoms with Crippen LogP contribution in [0.1, 0.15) is 65.3 Å². The molecule has 2 aromatic carbocycles. The topological polar surface area (TPSA) is 146 Å². The summed E-state index contributed by atoms with van der Waals surface area (Å²) >= 11 is 6.62. The van der Waals surface area contributed by atoms with E-state index in [0.29, 0.717) is 71.2 Å². The highest BCUT2D eigenvalue weighted by Gasteiger charge is 2.30. The van der Waals surface area contributed by atoms with Crippen molar-refractivity contribution in [2.75, 3.05) is 26.4 Å². The number of halogens is 6. The van der Waals surface area contributed by atoms with Crippen LogP contribution in [0.5, 0.6) is 0 Å². The largest absolute Gasteiger partial charge is 0.382 e. The van der Waals surface area contributed by atoms with Crippen molar-refractivity contribution in [2.45, 2.75) is 45.6 Å². The number of nitrogens with zero attached hydrogens (tertiary/aromatic N) is 8. The second-order valence-corrected chi connectivity index (χ2v) is 13.4. The molecule has 1 atom stereocenters. The lowest BCUT2D eigenvalue weighted by Gasteiger charge is -2.18. The van der Waals surface area contributed by atoms with Gasteiger partial charge in [0.2, 0.25) is 0 Å². The molecule has 1 unspecified atom stereocenters. The highest BCUT2D eigenvalue weighted by molar-refractivity contribution is 9.10. The monoisotopic (exact) mass is 908 g/mol. The maximum Gasteiger partial charge on any atom is 0.186 e. The summed E-state index contributed by atoms with van der Waals surface area (Å²) < 4.78 is 83.6. The predicted octanol–water partition coefficient (Wildman–Crippen LogP) is 6.93. The molecule has 2 aliphatic rings. The van der Waals surface area contributed by atoms with E-state index in [4.69, 9.17) is 18.9 Å². The zero-order valence-corrected chi connectivity index (χ0v) is 32.9. The number of carbonyl (C=O) groups excluding carboxylic acids is 1. The normalized spacial score (nSPS) is 15.0. The molecule has 0 aliphatic carbocycles. The number of aliphatic hydroxyl groups is 1. The van der Waals surface area contributed by atoms with Crippen LogP contribution in [-0.4, -0.2) is 76.9 Å². The van der Waals surface area contributed by atoms with E-state index in [2.05, 4.69) is 52.3 Å². The van der Waals surface area contributed by atoms with Gasteiger partial charge in [0.25, 0.3) is 0 Å². The molecule has 296 valence electrons. The lowest BCUT2D eigenvalue weighted by Crippen LogP contribution is -2.14. The number of carbonyl (C=O) groups is 1. The lowest BCUT2D eigenvalue weighted by atomic mass is 10.1. The van der Waals surface area contributed by atoms with Crippen molar-refractivity contribution in [3.8, 4) is 11.4 Å². The van der Waals surface area contributed by atoms with E-state index in [1.165, 1.54) is 58.2 Å². The summed E-state index contributed by atoms with van der Waals surface area (Å²) in [5.41, 5.74) is 2.63.